The maximum atomic E-state index is 11.0. The van der Waals surface area contributed by atoms with E-state index in [4.69, 9.17) is 19.7 Å². The fourth-order valence-corrected chi connectivity index (χ4v) is 2.05. The predicted octanol–water partition coefficient (Wildman–Crippen LogP) is 2.13. The van der Waals surface area contributed by atoms with Crippen molar-refractivity contribution in [2.45, 2.75) is 32.2 Å². The number of benzene rings is 1. The number of hydrogen-bond donors (Lipinski definition) is 2. The lowest BCUT2D eigenvalue weighted by Gasteiger charge is -2.22. The number of rotatable bonds is 5. The highest BCUT2D eigenvalue weighted by Gasteiger charge is 2.16. The number of hydrogen-bond acceptors (Lipinski definition) is 4. The minimum absolute atomic E-state index is 0.0620. The third-order valence-electron chi connectivity index (χ3n) is 3.06. The van der Waals surface area contributed by atoms with Gasteiger partial charge < -0.3 is 19.7 Å². The van der Waals surface area contributed by atoms with E-state index >= 15 is 0 Å². The number of carboxylic acid groups (broad SMARTS) is 2. The van der Waals surface area contributed by atoms with Crippen molar-refractivity contribution < 1.29 is 29.3 Å². The van der Waals surface area contributed by atoms with Gasteiger partial charge in [-0.2, -0.15) is 0 Å². The van der Waals surface area contributed by atoms with Crippen molar-refractivity contribution in [2.24, 2.45) is 0 Å². The Balaban J connectivity index is 2.09. The third-order valence-corrected chi connectivity index (χ3v) is 3.06. The highest BCUT2D eigenvalue weighted by molar-refractivity contribution is 5.94. The molecule has 1 fully saturated rings. The minimum atomic E-state index is -1.16. The van der Waals surface area contributed by atoms with Crippen LogP contribution in [0.2, 0.25) is 0 Å². The molecule has 0 bridgehead atoms. The van der Waals surface area contributed by atoms with Crippen LogP contribution in [0.25, 0.3) is 0 Å². The van der Waals surface area contributed by atoms with E-state index in [0.29, 0.717) is 12.2 Å². The molecule has 0 saturated carbocycles. The van der Waals surface area contributed by atoms with Crippen LogP contribution >= 0.6 is 0 Å². The van der Waals surface area contributed by atoms with Crippen LogP contribution < -0.4 is 0 Å². The lowest BCUT2D eigenvalue weighted by atomic mass is 10.1. The van der Waals surface area contributed by atoms with Crippen molar-refractivity contribution >= 4 is 11.9 Å². The van der Waals surface area contributed by atoms with Crippen molar-refractivity contribution in [3.05, 3.63) is 34.9 Å². The lowest BCUT2D eigenvalue weighted by molar-refractivity contribution is -0.168. The summed E-state index contributed by atoms with van der Waals surface area (Å²) in [7, 11) is 0. The molecule has 0 spiro atoms. The number of carbonyl (C=O) groups is 2. The zero-order valence-electron chi connectivity index (χ0n) is 10.9. The minimum Gasteiger partial charge on any atom is -0.478 e. The molecule has 108 valence electrons. The molecule has 1 saturated heterocycles. The first-order valence-electron chi connectivity index (χ1n) is 6.40. The summed E-state index contributed by atoms with van der Waals surface area (Å²) in [4.78, 5) is 22.0. The van der Waals surface area contributed by atoms with Crippen LogP contribution in [0.3, 0.4) is 0 Å². The molecular formula is C14H16O6. The van der Waals surface area contributed by atoms with Gasteiger partial charge in [-0.3, -0.25) is 0 Å². The molecule has 6 heteroatoms. The molecule has 1 aromatic rings. The first kappa shape index (κ1) is 14.5. The Hall–Kier alpha value is -1.92. The molecule has 6 nitrogen and oxygen atoms in total. The fraction of sp³-hybridized carbons (Fsp3) is 0.429. The summed E-state index contributed by atoms with van der Waals surface area (Å²) in [6, 6.07) is 3.96. The van der Waals surface area contributed by atoms with Crippen LogP contribution in [-0.2, 0) is 16.1 Å². The first-order chi connectivity index (χ1) is 9.56. The van der Waals surface area contributed by atoms with E-state index in [1.807, 2.05) is 0 Å². The van der Waals surface area contributed by atoms with E-state index in [-0.39, 0.29) is 24.0 Å². The van der Waals surface area contributed by atoms with Crippen molar-refractivity contribution in [2.75, 3.05) is 6.61 Å². The lowest BCUT2D eigenvalue weighted by Crippen LogP contribution is -2.22. The standard InChI is InChI=1S/C14H16O6/c15-13(16)10-5-9(6-11(7-10)14(17)18)8-20-12-3-1-2-4-19-12/h5-7,12H,1-4,8H2,(H,15,16)(H,17,18). The van der Waals surface area contributed by atoms with Crippen LogP contribution in [0.5, 0.6) is 0 Å². The van der Waals surface area contributed by atoms with Gasteiger partial charge >= 0.3 is 11.9 Å². The van der Waals surface area contributed by atoms with E-state index in [0.717, 1.165) is 25.3 Å². The Morgan fingerprint density at radius 3 is 2.30 bits per heavy atom. The fourth-order valence-electron chi connectivity index (χ4n) is 2.05. The molecule has 1 atom stereocenters. The van der Waals surface area contributed by atoms with Crippen LogP contribution in [0.4, 0.5) is 0 Å². The summed E-state index contributed by atoms with van der Waals surface area (Å²) < 4.78 is 10.9. The van der Waals surface area contributed by atoms with Crippen molar-refractivity contribution in [1.29, 1.82) is 0 Å². The topological polar surface area (TPSA) is 93.1 Å². The molecule has 0 amide bonds. The molecular weight excluding hydrogens is 264 g/mol. The molecule has 0 aromatic heterocycles. The summed E-state index contributed by atoms with van der Waals surface area (Å²) in [6.45, 7) is 0.784. The van der Waals surface area contributed by atoms with Gasteiger partial charge in [0.1, 0.15) is 0 Å². The van der Waals surface area contributed by atoms with Gasteiger partial charge in [0, 0.05) is 6.61 Å². The highest BCUT2D eigenvalue weighted by Crippen LogP contribution is 2.17. The SMILES string of the molecule is O=C(O)c1cc(COC2CCCCO2)cc(C(=O)O)c1. The van der Waals surface area contributed by atoms with Crippen molar-refractivity contribution in [1.82, 2.24) is 0 Å². The van der Waals surface area contributed by atoms with E-state index in [2.05, 4.69) is 0 Å². The van der Waals surface area contributed by atoms with E-state index in [1.54, 1.807) is 0 Å². The first-order valence-corrected chi connectivity index (χ1v) is 6.40. The van der Waals surface area contributed by atoms with Gasteiger partial charge in [0.25, 0.3) is 0 Å². The Morgan fingerprint density at radius 1 is 1.15 bits per heavy atom. The Morgan fingerprint density at radius 2 is 1.80 bits per heavy atom. The van der Waals surface area contributed by atoms with Gasteiger partial charge in [0.2, 0.25) is 0 Å². The summed E-state index contributed by atoms with van der Waals surface area (Å²) in [5.41, 5.74) is 0.387. The third kappa shape index (κ3) is 3.79. The van der Waals surface area contributed by atoms with Gasteiger partial charge in [-0.1, -0.05) is 0 Å². The van der Waals surface area contributed by atoms with Gasteiger partial charge in [0.15, 0.2) is 6.29 Å². The maximum absolute atomic E-state index is 11.0. The zero-order chi connectivity index (χ0) is 14.5. The monoisotopic (exact) mass is 280 g/mol. The number of carboxylic acids is 2. The zero-order valence-corrected chi connectivity index (χ0v) is 10.9. The van der Waals surface area contributed by atoms with Crippen molar-refractivity contribution in [3.8, 4) is 0 Å². The summed E-state index contributed by atoms with van der Waals surface area (Å²) in [6.07, 6.45) is 2.54. The maximum Gasteiger partial charge on any atom is 0.335 e. The normalized spacial score (nSPS) is 18.7. The van der Waals surface area contributed by atoms with Gasteiger partial charge in [-0.05, 0) is 43.0 Å². The second kappa shape index (κ2) is 6.49. The molecule has 1 unspecified atom stereocenters. The van der Waals surface area contributed by atoms with Crippen molar-refractivity contribution in [3.63, 3.8) is 0 Å². The number of aromatic carboxylic acids is 2. The second-order valence-electron chi connectivity index (χ2n) is 4.64. The van der Waals surface area contributed by atoms with Crippen LogP contribution in [0.15, 0.2) is 18.2 Å². The van der Waals surface area contributed by atoms with E-state index < -0.39 is 11.9 Å². The summed E-state index contributed by atoms with van der Waals surface area (Å²) >= 11 is 0. The molecule has 0 aliphatic carbocycles. The Labute approximate surface area is 115 Å². The Kier molecular flexibility index (Phi) is 4.70. The molecule has 20 heavy (non-hydrogen) atoms. The Bertz CT molecular complexity index is 472. The van der Waals surface area contributed by atoms with Crippen LogP contribution in [-0.4, -0.2) is 35.0 Å². The second-order valence-corrected chi connectivity index (χ2v) is 4.64. The quantitative estimate of drug-likeness (QED) is 0.858. The number of ether oxygens (including phenoxy) is 2. The molecule has 2 N–H and O–H groups in total. The van der Waals surface area contributed by atoms with Gasteiger partial charge in [-0.25, -0.2) is 9.59 Å². The van der Waals surface area contributed by atoms with Crippen LogP contribution in [0.1, 0.15) is 45.5 Å². The largest absolute Gasteiger partial charge is 0.478 e. The molecule has 1 aliphatic rings. The molecule has 1 aromatic carbocycles. The average Bonchev–Trinajstić information content (AvgIpc) is 2.45. The molecule has 0 radical (unpaired) electrons. The predicted molar refractivity (Wildman–Crippen MR) is 68.7 cm³/mol. The van der Waals surface area contributed by atoms with Crippen LogP contribution in [0, 0.1) is 0 Å². The van der Waals surface area contributed by atoms with Gasteiger partial charge in [-0.15, -0.1) is 0 Å². The van der Waals surface area contributed by atoms with E-state index in [9.17, 15) is 9.59 Å². The highest BCUT2D eigenvalue weighted by atomic mass is 16.7. The molecule has 1 heterocycles. The molecule has 2 rings (SSSR count). The smallest absolute Gasteiger partial charge is 0.335 e. The summed E-state index contributed by atoms with van der Waals surface area (Å²) in [5, 5.41) is 17.9. The van der Waals surface area contributed by atoms with E-state index in [1.165, 1.54) is 12.1 Å². The molecule has 1 aliphatic heterocycles. The van der Waals surface area contributed by atoms with Gasteiger partial charge in [0.05, 0.1) is 17.7 Å². The average molecular weight is 280 g/mol. The summed E-state index contributed by atoms with van der Waals surface area (Å²) in [5.74, 6) is -2.33.